The number of rotatable bonds is 3. The third kappa shape index (κ3) is 2.95. The summed E-state index contributed by atoms with van der Waals surface area (Å²) in [6.07, 6.45) is 3.81. The molecule has 2 aromatic heterocycles. The van der Waals surface area contributed by atoms with Gasteiger partial charge in [-0.3, -0.25) is 9.97 Å². The maximum atomic E-state index is 4.58. The lowest BCUT2D eigenvalue weighted by atomic mass is 10.1. The van der Waals surface area contributed by atoms with Crippen molar-refractivity contribution in [2.24, 2.45) is 0 Å². The number of pyridine rings is 2. The minimum absolute atomic E-state index is 0.980. The van der Waals surface area contributed by atoms with Gasteiger partial charge in [0.2, 0.25) is 0 Å². The summed E-state index contributed by atoms with van der Waals surface area (Å²) in [5.41, 5.74) is 6.35. The zero-order chi connectivity index (χ0) is 16.2. The zero-order valence-corrected chi connectivity index (χ0v) is 13.1. The van der Waals surface area contributed by atoms with Crippen LogP contribution in [0.4, 0.5) is 0 Å². The normalized spacial score (nSPS) is 10.5. The first-order valence-corrected chi connectivity index (χ1v) is 7.93. The summed E-state index contributed by atoms with van der Waals surface area (Å²) < 4.78 is 0. The Morgan fingerprint density at radius 3 is 1.12 bits per heavy atom. The van der Waals surface area contributed by atoms with Gasteiger partial charge in [-0.15, -0.1) is 0 Å². The van der Waals surface area contributed by atoms with Gasteiger partial charge in [-0.25, -0.2) is 0 Å². The highest BCUT2D eigenvalue weighted by Gasteiger charge is 2.03. The maximum absolute atomic E-state index is 4.58. The predicted octanol–water partition coefficient (Wildman–Crippen LogP) is 5.48. The summed E-state index contributed by atoms with van der Waals surface area (Å²) in [6, 6.07) is 28.7. The first kappa shape index (κ1) is 14.3. The van der Waals surface area contributed by atoms with Gasteiger partial charge in [-0.05, 0) is 12.1 Å². The van der Waals surface area contributed by atoms with Crippen LogP contribution in [0.3, 0.4) is 0 Å². The van der Waals surface area contributed by atoms with Gasteiger partial charge in [0.15, 0.2) is 0 Å². The molecule has 0 aliphatic rings. The average Bonchev–Trinajstić information content (AvgIpc) is 2.70. The van der Waals surface area contributed by atoms with Crippen LogP contribution >= 0.6 is 0 Å². The van der Waals surface area contributed by atoms with E-state index >= 15 is 0 Å². The van der Waals surface area contributed by atoms with E-state index in [0.29, 0.717) is 0 Å². The Balaban J connectivity index is 1.60. The molecule has 24 heavy (non-hydrogen) atoms. The lowest BCUT2D eigenvalue weighted by Crippen LogP contribution is -1.87. The summed E-state index contributed by atoms with van der Waals surface area (Å²) >= 11 is 0. The Hall–Kier alpha value is -3.26. The SMILES string of the molecule is c1ccc(-c2ccc(-c3ccc(-c4ccccc4)nc3)cn2)cc1. The molecule has 0 saturated carbocycles. The maximum Gasteiger partial charge on any atom is 0.0702 e. The van der Waals surface area contributed by atoms with E-state index in [1.165, 1.54) is 0 Å². The second kappa shape index (κ2) is 6.47. The number of nitrogens with zero attached hydrogens (tertiary/aromatic N) is 2. The number of benzene rings is 2. The molecule has 2 aromatic carbocycles. The highest BCUT2D eigenvalue weighted by atomic mass is 14.7. The Kier molecular flexibility index (Phi) is 3.86. The van der Waals surface area contributed by atoms with Gasteiger partial charge in [0.25, 0.3) is 0 Å². The molecule has 114 valence electrons. The van der Waals surface area contributed by atoms with E-state index in [9.17, 15) is 0 Å². The van der Waals surface area contributed by atoms with Crippen LogP contribution in [0.2, 0.25) is 0 Å². The van der Waals surface area contributed by atoms with E-state index in [1.807, 2.05) is 48.8 Å². The van der Waals surface area contributed by atoms with Crippen LogP contribution in [0.5, 0.6) is 0 Å². The molecule has 2 heterocycles. The molecule has 0 saturated heterocycles. The Morgan fingerprint density at radius 1 is 0.375 bits per heavy atom. The second-order valence-electron chi connectivity index (χ2n) is 5.60. The van der Waals surface area contributed by atoms with Gasteiger partial charge < -0.3 is 0 Å². The molecule has 0 unspecified atom stereocenters. The van der Waals surface area contributed by atoms with E-state index in [0.717, 1.165) is 33.6 Å². The lowest BCUT2D eigenvalue weighted by Gasteiger charge is -2.05. The van der Waals surface area contributed by atoms with E-state index in [4.69, 9.17) is 0 Å². The molecule has 2 heteroatoms. The first-order valence-electron chi connectivity index (χ1n) is 7.93. The molecule has 4 rings (SSSR count). The smallest absolute Gasteiger partial charge is 0.0702 e. The van der Waals surface area contributed by atoms with Crippen molar-refractivity contribution in [1.29, 1.82) is 0 Å². The van der Waals surface area contributed by atoms with Crippen LogP contribution in [0.1, 0.15) is 0 Å². The van der Waals surface area contributed by atoms with Crippen LogP contribution in [-0.2, 0) is 0 Å². The van der Waals surface area contributed by atoms with Crippen LogP contribution in [-0.4, -0.2) is 9.97 Å². The zero-order valence-electron chi connectivity index (χ0n) is 13.1. The molecule has 0 amide bonds. The van der Waals surface area contributed by atoms with Gasteiger partial charge >= 0.3 is 0 Å². The fourth-order valence-electron chi connectivity index (χ4n) is 2.69. The third-order valence-corrected chi connectivity index (χ3v) is 4.00. The Labute approximate surface area is 141 Å². The molecule has 0 bridgehead atoms. The molecule has 2 nitrogen and oxygen atoms in total. The monoisotopic (exact) mass is 308 g/mol. The van der Waals surface area contributed by atoms with Crippen molar-refractivity contribution in [3.63, 3.8) is 0 Å². The lowest BCUT2D eigenvalue weighted by molar-refractivity contribution is 1.30. The van der Waals surface area contributed by atoms with Crippen LogP contribution in [0.15, 0.2) is 97.3 Å². The van der Waals surface area contributed by atoms with Crippen molar-refractivity contribution >= 4 is 0 Å². The van der Waals surface area contributed by atoms with Crippen molar-refractivity contribution in [2.45, 2.75) is 0 Å². The van der Waals surface area contributed by atoms with Crippen molar-refractivity contribution in [1.82, 2.24) is 9.97 Å². The fraction of sp³-hybridized carbons (Fsp3) is 0. The topological polar surface area (TPSA) is 25.8 Å². The highest BCUT2D eigenvalue weighted by molar-refractivity contribution is 5.68. The fourth-order valence-corrected chi connectivity index (χ4v) is 2.69. The molecular formula is C22H16N2. The number of aromatic nitrogens is 2. The summed E-state index contributed by atoms with van der Waals surface area (Å²) in [5, 5.41) is 0. The standard InChI is InChI=1S/C22H16N2/c1-3-7-17(8-4-1)21-13-11-19(15-23-21)20-12-14-22(24-16-20)18-9-5-2-6-10-18/h1-16H. The molecule has 0 aliphatic heterocycles. The summed E-state index contributed by atoms with van der Waals surface area (Å²) in [5.74, 6) is 0. The highest BCUT2D eigenvalue weighted by Crippen LogP contribution is 2.24. The minimum Gasteiger partial charge on any atom is -0.256 e. The molecular weight excluding hydrogens is 292 g/mol. The van der Waals surface area contributed by atoms with E-state index in [2.05, 4.69) is 58.5 Å². The molecule has 4 aromatic rings. The quantitative estimate of drug-likeness (QED) is 0.501. The largest absolute Gasteiger partial charge is 0.256 e. The van der Waals surface area contributed by atoms with Crippen LogP contribution in [0.25, 0.3) is 33.6 Å². The number of hydrogen-bond acceptors (Lipinski definition) is 2. The first-order chi connectivity index (χ1) is 11.9. The molecule has 0 spiro atoms. The van der Waals surface area contributed by atoms with E-state index in [1.54, 1.807) is 0 Å². The van der Waals surface area contributed by atoms with Crippen molar-refractivity contribution < 1.29 is 0 Å². The van der Waals surface area contributed by atoms with Gasteiger partial charge in [0.1, 0.15) is 0 Å². The molecule has 0 atom stereocenters. The minimum atomic E-state index is 0.980. The summed E-state index contributed by atoms with van der Waals surface area (Å²) in [6.45, 7) is 0. The van der Waals surface area contributed by atoms with E-state index in [-0.39, 0.29) is 0 Å². The van der Waals surface area contributed by atoms with Gasteiger partial charge in [-0.2, -0.15) is 0 Å². The Morgan fingerprint density at radius 2 is 0.792 bits per heavy atom. The number of hydrogen-bond donors (Lipinski definition) is 0. The predicted molar refractivity (Wildman–Crippen MR) is 98.3 cm³/mol. The van der Waals surface area contributed by atoms with Crippen LogP contribution < -0.4 is 0 Å². The van der Waals surface area contributed by atoms with Crippen molar-refractivity contribution in [3.8, 4) is 33.6 Å². The second-order valence-corrected chi connectivity index (χ2v) is 5.60. The Bertz CT molecular complexity index is 832. The summed E-state index contributed by atoms with van der Waals surface area (Å²) in [7, 11) is 0. The molecule has 0 fully saturated rings. The van der Waals surface area contributed by atoms with Gasteiger partial charge in [0.05, 0.1) is 11.4 Å². The van der Waals surface area contributed by atoms with Crippen molar-refractivity contribution in [3.05, 3.63) is 97.3 Å². The van der Waals surface area contributed by atoms with Gasteiger partial charge in [0, 0.05) is 34.6 Å². The van der Waals surface area contributed by atoms with Crippen molar-refractivity contribution in [2.75, 3.05) is 0 Å². The molecule has 0 radical (unpaired) electrons. The van der Waals surface area contributed by atoms with Gasteiger partial charge in [-0.1, -0.05) is 72.8 Å². The van der Waals surface area contributed by atoms with Crippen LogP contribution in [0, 0.1) is 0 Å². The molecule has 0 N–H and O–H groups in total. The van der Waals surface area contributed by atoms with E-state index < -0.39 is 0 Å². The average molecular weight is 308 g/mol. The molecule has 0 aliphatic carbocycles. The summed E-state index contributed by atoms with van der Waals surface area (Å²) in [4.78, 5) is 9.16. The third-order valence-electron chi connectivity index (χ3n) is 4.00.